The molecule has 1 aromatic rings. The largest absolute Gasteiger partial charge is 0.488 e. The van der Waals surface area contributed by atoms with Gasteiger partial charge in [0.1, 0.15) is 11.9 Å². The fourth-order valence-corrected chi connectivity index (χ4v) is 6.81. The summed E-state index contributed by atoms with van der Waals surface area (Å²) in [6.07, 6.45) is 14.8. The lowest BCUT2D eigenvalue weighted by molar-refractivity contribution is -0.142. The Kier molecular flexibility index (Phi) is 4.17. The predicted molar refractivity (Wildman–Crippen MR) is 99.7 cm³/mol. The lowest BCUT2D eigenvalue weighted by atomic mass is 9.49. The van der Waals surface area contributed by atoms with E-state index in [9.17, 15) is 4.79 Å². The summed E-state index contributed by atoms with van der Waals surface area (Å²) in [5, 5.41) is 0. The van der Waals surface area contributed by atoms with Crippen LogP contribution >= 0.6 is 0 Å². The number of hydrogen-bond donors (Lipinski definition) is 0. The standard InChI is InChI=1S/C22H30N2O2/c25-21(14-22-11-16-8-17(12-22)10-18(9-16)13-22)24-7-1-2-20(15-24)26-19-3-5-23-6-4-19/h3-6,16-18,20H,1-2,7-15H2. The van der Waals surface area contributed by atoms with Crippen molar-refractivity contribution in [2.75, 3.05) is 13.1 Å². The first-order valence-electron chi connectivity index (χ1n) is 10.5. The number of nitrogens with zero attached hydrogens (tertiary/aromatic N) is 2. The average molecular weight is 354 g/mol. The normalized spacial score (nSPS) is 38.4. The van der Waals surface area contributed by atoms with Gasteiger partial charge in [-0.15, -0.1) is 0 Å². The van der Waals surface area contributed by atoms with E-state index < -0.39 is 0 Å². The van der Waals surface area contributed by atoms with Gasteiger partial charge in [-0.05, 0) is 86.7 Å². The van der Waals surface area contributed by atoms with E-state index >= 15 is 0 Å². The van der Waals surface area contributed by atoms with Crippen LogP contribution in [0.5, 0.6) is 5.75 Å². The number of carbonyl (C=O) groups is 1. The van der Waals surface area contributed by atoms with Crippen LogP contribution < -0.4 is 4.74 Å². The Labute approximate surface area is 156 Å². The van der Waals surface area contributed by atoms with Crippen molar-refractivity contribution >= 4 is 5.91 Å². The highest BCUT2D eigenvalue weighted by atomic mass is 16.5. The number of carbonyl (C=O) groups excluding carboxylic acids is 1. The molecule has 4 saturated carbocycles. The summed E-state index contributed by atoms with van der Waals surface area (Å²) in [4.78, 5) is 19.3. The van der Waals surface area contributed by atoms with Crippen LogP contribution in [0.25, 0.3) is 0 Å². The molecule has 26 heavy (non-hydrogen) atoms. The van der Waals surface area contributed by atoms with Crippen LogP contribution in [0.2, 0.25) is 0 Å². The van der Waals surface area contributed by atoms with Crippen LogP contribution in [0, 0.1) is 23.2 Å². The lowest BCUT2D eigenvalue weighted by Gasteiger charge is -2.57. The predicted octanol–water partition coefficient (Wildman–Crippen LogP) is 4.06. The topological polar surface area (TPSA) is 42.4 Å². The van der Waals surface area contributed by atoms with Gasteiger partial charge >= 0.3 is 0 Å². The summed E-state index contributed by atoms with van der Waals surface area (Å²) in [7, 11) is 0. The van der Waals surface area contributed by atoms with E-state index in [0.29, 0.717) is 11.3 Å². The highest BCUT2D eigenvalue weighted by Gasteiger charge is 2.51. The molecule has 4 bridgehead atoms. The summed E-state index contributed by atoms with van der Waals surface area (Å²) in [6, 6.07) is 3.80. The van der Waals surface area contributed by atoms with E-state index in [-0.39, 0.29) is 6.10 Å². The van der Waals surface area contributed by atoms with Gasteiger partial charge in [-0.2, -0.15) is 0 Å². The van der Waals surface area contributed by atoms with E-state index in [0.717, 1.165) is 55.9 Å². The maximum atomic E-state index is 13.1. The van der Waals surface area contributed by atoms with Crippen molar-refractivity contribution < 1.29 is 9.53 Å². The van der Waals surface area contributed by atoms with Crippen LogP contribution in [0.3, 0.4) is 0 Å². The van der Waals surface area contributed by atoms with Crippen LogP contribution in [0.1, 0.15) is 57.8 Å². The minimum atomic E-state index is 0.117. The molecular formula is C22H30N2O2. The van der Waals surface area contributed by atoms with E-state index in [1.54, 1.807) is 12.4 Å². The minimum absolute atomic E-state index is 0.117. The fourth-order valence-electron chi connectivity index (χ4n) is 6.81. The zero-order valence-electron chi connectivity index (χ0n) is 15.6. The number of piperidine rings is 1. The molecule has 1 atom stereocenters. The third-order valence-corrected chi connectivity index (χ3v) is 7.37. The Bertz CT molecular complexity index is 624. The Balaban J connectivity index is 1.22. The molecule has 1 unspecified atom stereocenters. The number of rotatable bonds is 4. The van der Waals surface area contributed by atoms with Crippen LogP contribution in [-0.4, -0.2) is 35.0 Å². The van der Waals surface area contributed by atoms with E-state index in [4.69, 9.17) is 4.74 Å². The molecule has 0 radical (unpaired) electrons. The molecule has 0 spiro atoms. The summed E-state index contributed by atoms with van der Waals surface area (Å²) in [5.41, 5.74) is 0.338. The molecule has 0 aromatic carbocycles. The highest BCUT2D eigenvalue weighted by Crippen LogP contribution is 2.61. The lowest BCUT2D eigenvalue weighted by Crippen LogP contribution is -2.50. The monoisotopic (exact) mass is 354 g/mol. The van der Waals surface area contributed by atoms with Gasteiger partial charge in [0, 0.05) is 25.4 Å². The van der Waals surface area contributed by atoms with Gasteiger partial charge in [0.25, 0.3) is 0 Å². The van der Waals surface area contributed by atoms with Gasteiger partial charge in [0.2, 0.25) is 5.91 Å². The summed E-state index contributed by atoms with van der Waals surface area (Å²) in [6.45, 7) is 1.65. The first-order valence-corrected chi connectivity index (χ1v) is 10.5. The van der Waals surface area contributed by atoms with Crippen molar-refractivity contribution in [1.29, 1.82) is 0 Å². The first kappa shape index (κ1) is 16.6. The molecule has 5 fully saturated rings. The molecule has 140 valence electrons. The molecule has 4 aliphatic carbocycles. The third kappa shape index (κ3) is 3.23. The smallest absolute Gasteiger partial charge is 0.223 e. The van der Waals surface area contributed by atoms with Crippen LogP contribution in [0.15, 0.2) is 24.5 Å². The average Bonchev–Trinajstić information content (AvgIpc) is 2.61. The Morgan fingerprint density at radius 2 is 1.77 bits per heavy atom. The third-order valence-electron chi connectivity index (χ3n) is 7.37. The molecule has 1 aliphatic heterocycles. The molecule has 4 nitrogen and oxygen atoms in total. The van der Waals surface area contributed by atoms with Gasteiger partial charge in [-0.3, -0.25) is 9.78 Å². The Hall–Kier alpha value is -1.58. The van der Waals surface area contributed by atoms with Crippen molar-refractivity contribution in [3.8, 4) is 5.75 Å². The minimum Gasteiger partial charge on any atom is -0.488 e. The molecule has 5 aliphatic rings. The summed E-state index contributed by atoms with van der Waals surface area (Å²) >= 11 is 0. The van der Waals surface area contributed by atoms with Crippen molar-refractivity contribution in [2.45, 2.75) is 63.9 Å². The van der Waals surface area contributed by atoms with E-state index in [2.05, 4.69) is 9.88 Å². The van der Waals surface area contributed by atoms with Crippen molar-refractivity contribution in [1.82, 2.24) is 9.88 Å². The molecule has 1 amide bonds. The van der Waals surface area contributed by atoms with Crippen LogP contribution in [-0.2, 0) is 4.79 Å². The highest BCUT2D eigenvalue weighted by molar-refractivity contribution is 5.77. The maximum absolute atomic E-state index is 13.1. The maximum Gasteiger partial charge on any atom is 0.223 e. The fraction of sp³-hybridized carbons (Fsp3) is 0.727. The van der Waals surface area contributed by atoms with Crippen molar-refractivity contribution in [2.24, 2.45) is 23.2 Å². The number of amides is 1. The number of aromatic nitrogens is 1. The second kappa shape index (κ2) is 6.54. The second-order valence-corrected chi connectivity index (χ2v) is 9.50. The van der Waals surface area contributed by atoms with Crippen molar-refractivity contribution in [3.05, 3.63) is 24.5 Å². The van der Waals surface area contributed by atoms with Crippen LogP contribution in [0.4, 0.5) is 0 Å². The second-order valence-electron chi connectivity index (χ2n) is 9.50. The number of hydrogen-bond acceptors (Lipinski definition) is 3. The molecule has 2 heterocycles. The van der Waals surface area contributed by atoms with Crippen molar-refractivity contribution in [3.63, 3.8) is 0 Å². The Morgan fingerprint density at radius 3 is 2.42 bits per heavy atom. The van der Waals surface area contributed by atoms with E-state index in [1.165, 1.54) is 38.5 Å². The molecule has 0 N–H and O–H groups in total. The number of ether oxygens (including phenoxy) is 1. The summed E-state index contributed by atoms with van der Waals surface area (Å²) < 4.78 is 6.10. The van der Waals surface area contributed by atoms with Gasteiger partial charge < -0.3 is 9.64 Å². The molecular weight excluding hydrogens is 324 g/mol. The van der Waals surface area contributed by atoms with E-state index in [1.807, 2.05) is 12.1 Å². The molecule has 6 rings (SSSR count). The van der Waals surface area contributed by atoms with Gasteiger partial charge in [-0.1, -0.05) is 0 Å². The SMILES string of the molecule is O=C(CC12CC3CC(CC(C3)C1)C2)N1CCCC(Oc2ccncc2)C1. The van der Waals surface area contributed by atoms with Gasteiger partial charge in [0.05, 0.1) is 6.54 Å². The molecule has 4 heteroatoms. The van der Waals surface area contributed by atoms with Gasteiger partial charge in [0.15, 0.2) is 0 Å². The number of likely N-dealkylation sites (tertiary alicyclic amines) is 1. The first-order chi connectivity index (χ1) is 12.7. The molecule has 1 aromatic heterocycles. The zero-order chi connectivity index (χ0) is 17.6. The molecule has 1 saturated heterocycles. The quantitative estimate of drug-likeness (QED) is 0.819. The Morgan fingerprint density at radius 1 is 1.12 bits per heavy atom. The zero-order valence-corrected chi connectivity index (χ0v) is 15.6. The van der Waals surface area contributed by atoms with Gasteiger partial charge in [-0.25, -0.2) is 0 Å². The number of pyridine rings is 1. The summed E-state index contributed by atoms with van der Waals surface area (Å²) in [5.74, 6) is 3.99.